The Morgan fingerprint density at radius 1 is 1.06 bits per heavy atom. The number of hydrogen-bond acceptors (Lipinski definition) is 5. The van der Waals surface area contributed by atoms with Crippen LogP contribution in [0, 0.1) is 0 Å². The SMILES string of the molecule is COc1ccc(-c2ccc(C=NNC(=O)CNc3ccc4ccccc4c3)o2)cc1Cl. The third-order valence-electron chi connectivity index (χ3n) is 4.65. The van der Waals surface area contributed by atoms with E-state index in [1.165, 1.54) is 6.21 Å². The zero-order chi connectivity index (χ0) is 21.6. The molecule has 1 heterocycles. The zero-order valence-electron chi connectivity index (χ0n) is 16.8. The molecule has 4 rings (SSSR count). The molecule has 4 aromatic rings. The number of anilines is 1. The van der Waals surface area contributed by atoms with Gasteiger partial charge in [0.1, 0.15) is 17.3 Å². The minimum atomic E-state index is -0.266. The summed E-state index contributed by atoms with van der Waals surface area (Å²) in [7, 11) is 1.56. The number of carbonyl (C=O) groups is 1. The van der Waals surface area contributed by atoms with Gasteiger partial charge in [-0.2, -0.15) is 5.10 Å². The number of amides is 1. The number of carbonyl (C=O) groups excluding carboxylic acids is 1. The minimum Gasteiger partial charge on any atom is -0.495 e. The lowest BCUT2D eigenvalue weighted by Gasteiger charge is -2.06. The van der Waals surface area contributed by atoms with Crippen LogP contribution in [0.15, 0.2) is 82.3 Å². The molecule has 156 valence electrons. The lowest BCUT2D eigenvalue weighted by atomic mass is 10.1. The van der Waals surface area contributed by atoms with E-state index >= 15 is 0 Å². The average molecular weight is 434 g/mol. The molecule has 0 fully saturated rings. The summed E-state index contributed by atoms with van der Waals surface area (Å²) in [6, 6.07) is 23.0. The van der Waals surface area contributed by atoms with Gasteiger partial charge in [0.05, 0.1) is 24.9 Å². The lowest BCUT2D eigenvalue weighted by molar-refractivity contribution is -0.119. The maximum absolute atomic E-state index is 12.1. The van der Waals surface area contributed by atoms with Crippen molar-refractivity contribution in [3.05, 3.63) is 83.6 Å². The van der Waals surface area contributed by atoms with E-state index < -0.39 is 0 Å². The molecule has 0 unspecified atom stereocenters. The maximum atomic E-state index is 12.1. The van der Waals surface area contributed by atoms with Gasteiger partial charge >= 0.3 is 0 Å². The minimum absolute atomic E-state index is 0.101. The Morgan fingerprint density at radius 2 is 1.90 bits per heavy atom. The molecule has 7 heteroatoms. The second-order valence-corrected chi connectivity index (χ2v) is 7.17. The Morgan fingerprint density at radius 3 is 2.71 bits per heavy atom. The molecule has 1 amide bonds. The molecule has 0 aliphatic heterocycles. The van der Waals surface area contributed by atoms with Gasteiger partial charge in [0.25, 0.3) is 5.91 Å². The van der Waals surface area contributed by atoms with Crippen LogP contribution >= 0.6 is 11.6 Å². The van der Waals surface area contributed by atoms with Gasteiger partial charge in [0.2, 0.25) is 0 Å². The largest absolute Gasteiger partial charge is 0.495 e. The van der Waals surface area contributed by atoms with E-state index in [1.807, 2.05) is 54.6 Å². The smallest absolute Gasteiger partial charge is 0.259 e. The lowest BCUT2D eigenvalue weighted by Crippen LogP contribution is -2.25. The summed E-state index contributed by atoms with van der Waals surface area (Å²) in [4.78, 5) is 12.1. The molecule has 0 aliphatic carbocycles. The van der Waals surface area contributed by atoms with Gasteiger partial charge in [-0.05, 0) is 53.2 Å². The Bertz CT molecular complexity index is 1250. The van der Waals surface area contributed by atoms with Crippen LogP contribution in [0.25, 0.3) is 22.1 Å². The fraction of sp³-hybridized carbons (Fsp3) is 0.0833. The Hall–Kier alpha value is -3.77. The van der Waals surface area contributed by atoms with Crippen molar-refractivity contribution in [3.63, 3.8) is 0 Å². The first-order chi connectivity index (χ1) is 15.1. The van der Waals surface area contributed by atoms with Crippen molar-refractivity contribution in [1.29, 1.82) is 0 Å². The fourth-order valence-corrected chi connectivity index (χ4v) is 3.34. The topological polar surface area (TPSA) is 75.9 Å². The van der Waals surface area contributed by atoms with Crippen LogP contribution in [0.4, 0.5) is 5.69 Å². The number of furan rings is 1. The zero-order valence-corrected chi connectivity index (χ0v) is 17.5. The van der Waals surface area contributed by atoms with E-state index in [0.717, 1.165) is 22.0 Å². The third-order valence-corrected chi connectivity index (χ3v) is 4.94. The first kappa shape index (κ1) is 20.5. The van der Waals surface area contributed by atoms with Crippen LogP contribution in [0.3, 0.4) is 0 Å². The van der Waals surface area contributed by atoms with Gasteiger partial charge in [-0.1, -0.05) is 41.9 Å². The summed E-state index contributed by atoms with van der Waals surface area (Å²) in [5.41, 5.74) is 4.16. The monoisotopic (exact) mass is 433 g/mol. The quantitative estimate of drug-likeness (QED) is 0.305. The van der Waals surface area contributed by atoms with Crippen molar-refractivity contribution in [2.75, 3.05) is 19.0 Å². The molecular weight excluding hydrogens is 414 g/mol. The van der Waals surface area contributed by atoms with Gasteiger partial charge in [-0.15, -0.1) is 0 Å². The van der Waals surface area contributed by atoms with E-state index in [4.69, 9.17) is 20.8 Å². The maximum Gasteiger partial charge on any atom is 0.259 e. The summed E-state index contributed by atoms with van der Waals surface area (Å²) >= 11 is 6.16. The number of hydrazone groups is 1. The van der Waals surface area contributed by atoms with Crippen molar-refractivity contribution in [2.45, 2.75) is 0 Å². The average Bonchev–Trinajstić information content (AvgIpc) is 3.26. The number of hydrogen-bond donors (Lipinski definition) is 2. The molecule has 31 heavy (non-hydrogen) atoms. The van der Waals surface area contributed by atoms with E-state index in [9.17, 15) is 4.79 Å². The van der Waals surface area contributed by atoms with Gasteiger partial charge in [0, 0.05) is 11.3 Å². The Labute approximate surface area is 184 Å². The number of nitrogens with zero attached hydrogens (tertiary/aromatic N) is 1. The van der Waals surface area contributed by atoms with Crippen LogP contribution in [0.1, 0.15) is 5.76 Å². The number of ether oxygens (including phenoxy) is 1. The number of methoxy groups -OCH3 is 1. The highest BCUT2D eigenvalue weighted by atomic mass is 35.5. The number of halogens is 1. The van der Waals surface area contributed by atoms with Crippen molar-refractivity contribution < 1.29 is 13.9 Å². The van der Waals surface area contributed by atoms with Crippen molar-refractivity contribution in [2.24, 2.45) is 5.10 Å². The van der Waals surface area contributed by atoms with E-state index in [2.05, 4.69) is 15.8 Å². The van der Waals surface area contributed by atoms with Gasteiger partial charge in [-0.25, -0.2) is 5.43 Å². The highest BCUT2D eigenvalue weighted by molar-refractivity contribution is 6.32. The van der Waals surface area contributed by atoms with Crippen LogP contribution in [0.5, 0.6) is 5.75 Å². The number of fused-ring (bicyclic) bond motifs is 1. The highest BCUT2D eigenvalue weighted by Gasteiger charge is 2.08. The molecule has 0 radical (unpaired) electrons. The number of rotatable bonds is 7. The first-order valence-corrected chi connectivity index (χ1v) is 9.98. The van der Waals surface area contributed by atoms with E-state index in [1.54, 1.807) is 25.3 Å². The van der Waals surface area contributed by atoms with Crippen molar-refractivity contribution >= 4 is 40.2 Å². The summed E-state index contributed by atoms with van der Waals surface area (Å²) in [5.74, 6) is 1.47. The normalized spacial score (nSPS) is 11.0. The first-order valence-electron chi connectivity index (χ1n) is 9.61. The Balaban J connectivity index is 1.31. The molecule has 0 saturated carbocycles. The van der Waals surface area contributed by atoms with Crippen molar-refractivity contribution in [1.82, 2.24) is 5.43 Å². The molecule has 0 spiro atoms. The second kappa shape index (κ2) is 9.36. The van der Waals surface area contributed by atoms with Gasteiger partial charge in [-0.3, -0.25) is 4.79 Å². The molecule has 2 N–H and O–H groups in total. The molecule has 1 aromatic heterocycles. The van der Waals surface area contributed by atoms with E-state index in [0.29, 0.717) is 22.3 Å². The highest BCUT2D eigenvalue weighted by Crippen LogP contribution is 2.30. The Kier molecular flexibility index (Phi) is 6.19. The van der Waals surface area contributed by atoms with Crippen LogP contribution in [0.2, 0.25) is 5.02 Å². The summed E-state index contributed by atoms with van der Waals surface area (Å²) in [6.07, 6.45) is 1.45. The summed E-state index contributed by atoms with van der Waals surface area (Å²) < 4.78 is 10.9. The standard InChI is InChI=1S/C24H20ClN3O3/c1-30-23-10-7-18(13-21(23)25)22-11-9-20(31-22)14-27-28-24(29)15-26-19-8-6-16-4-2-3-5-17(16)12-19/h2-14,26H,15H2,1H3,(H,28,29). The summed E-state index contributed by atoms with van der Waals surface area (Å²) in [6.45, 7) is 0.101. The van der Waals surface area contributed by atoms with Gasteiger partial charge < -0.3 is 14.5 Å². The fourth-order valence-electron chi connectivity index (χ4n) is 3.09. The van der Waals surface area contributed by atoms with E-state index in [-0.39, 0.29) is 12.5 Å². The molecule has 3 aromatic carbocycles. The third kappa shape index (κ3) is 5.05. The molecule has 6 nitrogen and oxygen atoms in total. The predicted molar refractivity (Wildman–Crippen MR) is 124 cm³/mol. The molecule has 0 atom stereocenters. The van der Waals surface area contributed by atoms with Crippen LogP contribution in [-0.2, 0) is 4.79 Å². The summed E-state index contributed by atoms with van der Waals surface area (Å²) in [5, 5.41) is 9.80. The van der Waals surface area contributed by atoms with Crippen LogP contribution in [-0.4, -0.2) is 25.8 Å². The van der Waals surface area contributed by atoms with Crippen molar-refractivity contribution in [3.8, 4) is 17.1 Å². The number of nitrogens with one attached hydrogen (secondary N) is 2. The number of benzene rings is 3. The molecule has 0 bridgehead atoms. The molecule has 0 aliphatic rings. The van der Waals surface area contributed by atoms with Crippen LogP contribution < -0.4 is 15.5 Å². The van der Waals surface area contributed by atoms with Gasteiger partial charge in [0.15, 0.2) is 0 Å². The molecule has 0 saturated heterocycles. The second-order valence-electron chi connectivity index (χ2n) is 6.76. The predicted octanol–water partition coefficient (Wildman–Crippen LogP) is 5.32. The molecular formula is C24H20ClN3O3.